The van der Waals surface area contributed by atoms with Gasteiger partial charge in [0.25, 0.3) is 0 Å². The van der Waals surface area contributed by atoms with Gasteiger partial charge >= 0.3 is 0 Å². The Labute approximate surface area is 196 Å². The number of aromatic nitrogens is 1. The van der Waals surface area contributed by atoms with Crippen molar-refractivity contribution in [2.45, 2.75) is 13.8 Å². The molecule has 0 N–H and O–H groups in total. The fraction of sp³-hybridized carbons (Fsp3) is 0.100. The molecular weight excluding hydrogens is 406 g/mol. The van der Waals surface area contributed by atoms with Crippen LogP contribution in [-0.4, -0.2) is 0 Å². The molecule has 0 saturated heterocycles. The number of thiophene rings is 1. The number of rotatable bonds is 2. The summed E-state index contributed by atoms with van der Waals surface area (Å²) in [6.45, 7) is -0.112. The molecule has 0 spiro atoms. The molecule has 32 heavy (non-hydrogen) atoms. The van der Waals surface area contributed by atoms with Gasteiger partial charge in [-0.2, -0.15) is 4.57 Å². The maximum Gasteiger partial charge on any atom is 0.213 e. The van der Waals surface area contributed by atoms with Gasteiger partial charge in [-0.25, -0.2) is 0 Å². The first kappa shape index (κ1) is 16.2. The SMILES string of the molecule is [2H]C([2H])([2H])c1ccc(-c2cc3c(c[n+]2C)sc2cc4cc(-c5ccccc5)ccc4cc23)c(C)c1. The lowest BCUT2D eigenvalue weighted by atomic mass is 9.99. The normalized spacial score (nSPS) is 13.4. The molecule has 6 aromatic rings. The fourth-order valence-electron chi connectivity index (χ4n) is 4.64. The monoisotopic (exact) mass is 433 g/mol. The molecule has 0 aliphatic carbocycles. The predicted molar refractivity (Wildman–Crippen MR) is 138 cm³/mol. The molecule has 0 bridgehead atoms. The van der Waals surface area contributed by atoms with Gasteiger partial charge in [-0.15, -0.1) is 11.3 Å². The summed E-state index contributed by atoms with van der Waals surface area (Å²) in [5.41, 5.74) is 5.92. The minimum absolute atomic E-state index is 0.379. The molecule has 0 saturated carbocycles. The van der Waals surface area contributed by atoms with Crippen LogP contribution in [0.25, 0.3) is 53.3 Å². The Balaban J connectivity index is 1.51. The van der Waals surface area contributed by atoms with E-state index in [4.69, 9.17) is 4.11 Å². The highest BCUT2D eigenvalue weighted by molar-refractivity contribution is 7.25. The van der Waals surface area contributed by atoms with Crippen LogP contribution in [-0.2, 0) is 7.05 Å². The van der Waals surface area contributed by atoms with Crippen molar-refractivity contribution in [3.63, 3.8) is 0 Å². The van der Waals surface area contributed by atoms with E-state index < -0.39 is 6.85 Å². The summed E-state index contributed by atoms with van der Waals surface area (Å²) < 4.78 is 27.8. The number of aryl methyl sites for hydroxylation is 3. The second-order valence-corrected chi connectivity index (χ2v) is 9.54. The van der Waals surface area contributed by atoms with Gasteiger partial charge in [-0.3, -0.25) is 0 Å². The van der Waals surface area contributed by atoms with Crippen molar-refractivity contribution in [1.82, 2.24) is 0 Å². The van der Waals surface area contributed by atoms with Crippen LogP contribution in [0.4, 0.5) is 0 Å². The first-order valence-electron chi connectivity index (χ1n) is 12.2. The smallest absolute Gasteiger partial charge is 0.200 e. The molecule has 0 aliphatic rings. The summed E-state index contributed by atoms with van der Waals surface area (Å²) >= 11 is 1.81. The van der Waals surface area contributed by atoms with E-state index in [1.807, 2.05) is 30.4 Å². The molecule has 154 valence electrons. The molecular formula is C30H24NS+. The minimum Gasteiger partial charge on any atom is -0.200 e. The fourth-order valence-corrected chi connectivity index (χ4v) is 5.83. The summed E-state index contributed by atoms with van der Waals surface area (Å²) in [5.74, 6) is 0. The highest BCUT2D eigenvalue weighted by Crippen LogP contribution is 2.38. The van der Waals surface area contributed by atoms with E-state index >= 15 is 0 Å². The van der Waals surface area contributed by atoms with E-state index in [2.05, 4.69) is 78.5 Å². The summed E-state index contributed by atoms with van der Waals surface area (Å²) in [7, 11) is 2.05. The van der Waals surface area contributed by atoms with Gasteiger partial charge in [-0.1, -0.05) is 60.2 Å². The summed E-state index contributed by atoms with van der Waals surface area (Å²) in [6, 6.07) is 29.5. The van der Waals surface area contributed by atoms with E-state index in [0.29, 0.717) is 5.56 Å². The lowest BCUT2D eigenvalue weighted by Gasteiger charge is -2.06. The predicted octanol–water partition coefficient (Wildman–Crippen LogP) is 7.98. The first-order valence-corrected chi connectivity index (χ1v) is 11.6. The van der Waals surface area contributed by atoms with Gasteiger partial charge < -0.3 is 0 Å². The van der Waals surface area contributed by atoms with E-state index in [1.165, 1.54) is 42.1 Å². The Morgan fingerprint density at radius 1 is 0.750 bits per heavy atom. The Kier molecular flexibility index (Phi) is 3.69. The second kappa shape index (κ2) is 7.29. The first-order chi connectivity index (χ1) is 16.8. The minimum atomic E-state index is -2.10. The molecule has 2 heterocycles. The molecule has 0 aliphatic heterocycles. The van der Waals surface area contributed by atoms with Gasteiger partial charge in [0.05, 0.1) is 4.70 Å². The van der Waals surface area contributed by atoms with Crippen LogP contribution >= 0.6 is 11.3 Å². The van der Waals surface area contributed by atoms with Crippen LogP contribution in [0.15, 0.2) is 91.1 Å². The van der Waals surface area contributed by atoms with Gasteiger partial charge in [0.2, 0.25) is 5.69 Å². The van der Waals surface area contributed by atoms with Crippen molar-refractivity contribution in [1.29, 1.82) is 0 Å². The van der Waals surface area contributed by atoms with Crippen molar-refractivity contribution < 1.29 is 8.68 Å². The number of hydrogen-bond donors (Lipinski definition) is 0. The van der Waals surface area contributed by atoms with Crippen molar-refractivity contribution in [2.75, 3.05) is 0 Å². The number of benzene rings is 4. The number of pyridine rings is 1. The van der Waals surface area contributed by atoms with E-state index in [0.717, 1.165) is 16.8 Å². The van der Waals surface area contributed by atoms with Crippen LogP contribution in [0.3, 0.4) is 0 Å². The van der Waals surface area contributed by atoms with Gasteiger partial charge in [0.1, 0.15) is 7.05 Å². The largest absolute Gasteiger partial charge is 0.213 e. The van der Waals surface area contributed by atoms with Crippen molar-refractivity contribution in [2.24, 2.45) is 7.05 Å². The molecule has 0 atom stereocenters. The van der Waals surface area contributed by atoms with Crippen LogP contribution in [0.1, 0.15) is 15.2 Å². The van der Waals surface area contributed by atoms with Gasteiger partial charge in [-0.05, 0) is 65.5 Å². The molecule has 1 nitrogen and oxygen atoms in total. The van der Waals surface area contributed by atoms with Gasteiger partial charge in [0, 0.05) is 31.2 Å². The van der Waals surface area contributed by atoms with Crippen LogP contribution in [0.2, 0.25) is 0 Å². The Bertz CT molecular complexity index is 1750. The van der Waals surface area contributed by atoms with Crippen LogP contribution < -0.4 is 4.57 Å². The highest BCUT2D eigenvalue weighted by Gasteiger charge is 2.17. The van der Waals surface area contributed by atoms with E-state index in [9.17, 15) is 0 Å². The molecule has 2 heteroatoms. The van der Waals surface area contributed by atoms with Crippen LogP contribution in [0, 0.1) is 13.8 Å². The summed E-state index contributed by atoms with van der Waals surface area (Å²) in [6.07, 6.45) is 2.19. The molecule has 6 rings (SSSR count). The van der Waals surface area contributed by atoms with E-state index in [1.54, 1.807) is 12.1 Å². The molecule has 0 amide bonds. The van der Waals surface area contributed by atoms with Crippen LogP contribution in [0.5, 0.6) is 0 Å². The maximum atomic E-state index is 7.72. The molecule has 4 aromatic carbocycles. The van der Waals surface area contributed by atoms with Crippen molar-refractivity contribution >= 4 is 42.3 Å². The molecule has 2 aromatic heterocycles. The zero-order valence-corrected chi connectivity index (χ0v) is 18.8. The van der Waals surface area contributed by atoms with Crippen molar-refractivity contribution in [3.8, 4) is 22.4 Å². The summed E-state index contributed by atoms with van der Waals surface area (Å²) in [5, 5.41) is 4.95. The zero-order valence-electron chi connectivity index (χ0n) is 21.0. The van der Waals surface area contributed by atoms with E-state index in [-0.39, 0.29) is 0 Å². The second-order valence-electron chi connectivity index (χ2n) is 8.46. The third-order valence-electron chi connectivity index (χ3n) is 6.30. The molecule has 0 unspecified atom stereocenters. The van der Waals surface area contributed by atoms with Crippen molar-refractivity contribution in [3.05, 3.63) is 102 Å². The number of fused-ring (bicyclic) bond motifs is 4. The Morgan fingerprint density at radius 2 is 1.59 bits per heavy atom. The third-order valence-corrected chi connectivity index (χ3v) is 7.40. The highest BCUT2D eigenvalue weighted by atomic mass is 32.1. The number of hydrogen-bond acceptors (Lipinski definition) is 1. The summed E-state index contributed by atoms with van der Waals surface area (Å²) in [4.78, 5) is 0. The Hall–Kier alpha value is -3.49. The average molecular weight is 434 g/mol. The maximum absolute atomic E-state index is 7.72. The topological polar surface area (TPSA) is 3.88 Å². The third kappa shape index (κ3) is 3.11. The Morgan fingerprint density at radius 3 is 2.41 bits per heavy atom. The lowest BCUT2D eigenvalue weighted by Crippen LogP contribution is -2.30. The lowest BCUT2D eigenvalue weighted by molar-refractivity contribution is -0.659. The molecule has 0 fully saturated rings. The zero-order chi connectivity index (χ0) is 24.3. The number of nitrogens with zero attached hydrogens (tertiary/aromatic N) is 1. The molecule has 0 radical (unpaired) electrons. The average Bonchev–Trinajstić information content (AvgIpc) is 3.17. The van der Waals surface area contributed by atoms with Gasteiger partial charge in [0.15, 0.2) is 6.20 Å². The quantitative estimate of drug-likeness (QED) is 0.244. The standard InChI is InChI=1S/C30H24NS/c1-19-9-12-25(20(2)13-19)28-17-27-26-15-23-11-10-22(21-7-5-4-6-8-21)14-24(23)16-29(26)32-30(27)18-31(28)3/h4-18H,1-3H3/q+1/i1D3.